The van der Waals surface area contributed by atoms with Gasteiger partial charge in [0.25, 0.3) is 5.56 Å². The number of thiophene rings is 1. The van der Waals surface area contributed by atoms with Gasteiger partial charge in [0.2, 0.25) is 0 Å². The van der Waals surface area contributed by atoms with Crippen LogP contribution in [-0.2, 0) is 13.1 Å². The molecule has 0 aliphatic heterocycles. The van der Waals surface area contributed by atoms with Gasteiger partial charge >= 0.3 is 0 Å². The third-order valence-corrected chi connectivity index (χ3v) is 3.99. The lowest BCUT2D eigenvalue weighted by Crippen LogP contribution is -2.20. The quantitative estimate of drug-likeness (QED) is 0.731. The van der Waals surface area contributed by atoms with Crippen LogP contribution in [0.15, 0.2) is 35.0 Å². The Balaban J connectivity index is 1.73. The van der Waals surface area contributed by atoms with Gasteiger partial charge in [0.05, 0.1) is 11.7 Å². The molecule has 98 valence electrons. The molecule has 3 rings (SSSR count). The van der Waals surface area contributed by atoms with Crippen LogP contribution >= 0.6 is 11.3 Å². The van der Waals surface area contributed by atoms with Crippen LogP contribution in [0.3, 0.4) is 0 Å². The second-order valence-corrected chi connectivity index (χ2v) is 5.30. The molecule has 0 aliphatic rings. The minimum Gasteiger partial charge on any atom is -0.335 e. The zero-order valence-electron chi connectivity index (χ0n) is 10.6. The summed E-state index contributed by atoms with van der Waals surface area (Å²) < 4.78 is 3.77. The molecule has 5 nitrogen and oxygen atoms in total. The summed E-state index contributed by atoms with van der Waals surface area (Å²) in [5.74, 6) is 0.999. The molecule has 0 saturated carbocycles. The first-order chi connectivity index (χ1) is 9.25. The maximum Gasteiger partial charge on any atom is 0.262 e. The van der Waals surface area contributed by atoms with Crippen molar-refractivity contribution in [1.82, 2.24) is 19.1 Å². The monoisotopic (exact) mass is 274 g/mol. The highest BCUT2D eigenvalue weighted by atomic mass is 32.1. The van der Waals surface area contributed by atoms with E-state index in [9.17, 15) is 4.79 Å². The largest absolute Gasteiger partial charge is 0.335 e. The van der Waals surface area contributed by atoms with Crippen LogP contribution in [0.25, 0.3) is 10.2 Å². The van der Waals surface area contributed by atoms with Crippen molar-refractivity contribution in [3.63, 3.8) is 0 Å². The molecule has 0 unspecified atom stereocenters. The van der Waals surface area contributed by atoms with Crippen LogP contribution in [0.5, 0.6) is 0 Å². The number of aromatic nitrogens is 4. The molecule has 0 fully saturated rings. The highest BCUT2D eigenvalue weighted by Gasteiger charge is 2.05. The summed E-state index contributed by atoms with van der Waals surface area (Å²) in [6, 6.07) is 1.84. The Morgan fingerprint density at radius 1 is 1.26 bits per heavy atom. The van der Waals surface area contributed by atoms with Crippen molar-refractivity contribution in [2.45, 2.75) is 26.4 Å². The van der Waals surface area contributed by atoms with Gasteiger partial charge in [-0.1, -0.05) is 0 Å². The first-order valence-corrected chi connectivity index (χ1v) is 7.04. The van der Waals surface area contributed by atoms with Crippen molar-refractivity contribution < 1.29 is 0 Å². The van der Waals surface area contributed by atoms with Crippen LogP contribution in [0, 0.1) is 6.92 Å². The van der Waals surface area contributed by atoms with E-state index < -0.39 is 0 Å². The Kier molecular flexibility index (Phi) is 3.16. The molecule has 0 radical (unpaired) electrons. The molecule has 3 aromatic heterocycles. The molecule has 0 aromatic carbocycles. The SMILES string of the molecule is Cc1nccn1CCCn1cnc2sccc2c1=O. The fourth-order valence-electron chi connectivity index (χ4n) is 2.10. The molecule has 0 atom stereocenters. The third kappa shape index (κ3) is 2.31. The number of fused-ring (bicyclic) bond motifs is 1. The van der Waals surface area contributed by atoms with E-state index in [1.807, 2.05) is 24.6 Å². The average molecular weight is 274 g/mol. The van der Waals surface area contributed by atoms with E-state index in [4.69, 9.17) is 0 Å². The van der Waals surface area contributed by atoms with Crippen LogP contribution < -0.4 is 5.56 Å². The van der Waals surface area contributed by atoms with E-state index in [-0.39, 0.29) is 5.56 Å². The van der Waals surface area contributed by atoms with Crippen molar-refractivity contribution >= 4 is 21.6 Å². The Labute approximate surface area is 114 Å². The molecule has 19 heavy (non-hydrogen) atoms. The molecule has 0 amide bonds. The van der Waals surface area contributed by atoms with Gasteiger partial charge in [0.15, 0.2) is 0 Å². The second-order valence-electron chi connectivity index (χ2n) is 4.40. The summed E-state index contributed by atoms with van der Waals surface area (Å²) in [6.07, 6.45) is 6.27. The first-order valence-electron chi connectivity index (χ1n) is 6.16. The molecule has 0 saturated heterocycles. The topological polar surface area (TPSA) is 52.7 Å². The van der Waals surface area contributed by atoms with Crippen LogP contribution in [0.2, 0.25) is 0 Å². The molecule has 3 heterocycles. The second kappa shape index (κ2) is 4.97. The van der Waals surface area contributed by atoms with Crippen LogP contribution in [0.4, 0.5) is 0 Å². The minimum atomic E-state index is 0.0496. The zero-order valence-corrected chi connectivity index (χ0v) is 11.4. The van der Waals surface area contributed by atoms with Gasteiger partial charge in [-0.15, -0.1) is 11.3 Å². The van der Waals surface area contributed by atoms with E-state index in [1.54, 1.807) is 17.1 Å². The smallest absolute Gasteiger partial charge is 0.262 e. The molecule has 0 aliphatic carbocycles. The molecule has 0 N–H and O–H groups in total. The summed E-state index contributed by atoms with van der Waals surface area (Å²) in [5, 5.41) is 2.62. The summed E-state index contributed by atoms with van der Waals surface area (Å²) in [7, 11) is 0. The first kappa shape index (κ1) is 12.1. The standard InChI is InChI=1S/C13H14N4OS/c1-10-14-4-7-16(10)5-2-6-17-9-15-12-11(13(17)18)3-8-19-12/h3-4,7-9H,2,5-6H2,1H3. The minimum absolute atomic E-state index is 0.0496. The van der Waals surface area contributed by atoms with Crippen LogP contribution in [0.1, 0.15) is 12.2 Å². The molecule has 0 bridgehead atoms. The lowest BCUT2D eigenvalue weighted by Gasteiger charge is -2.07. The van der Waals surface area contributed by atoms with Gasteiger partial charge in [-0.2, -0.15) is 0 Å². The summed E-state index contributed by atoms with van der Waals surface area (Å²) >= 11 is 1.50. The summed E-state index contributed by atoms with van der Waals surface area (Å²) in [6.45, 7) is 3.51. The third-order valence-electron chi connectivity index (χ3n) is 3.17. The molecular weight excluding hydrogens is 260 g/mol. The van der Waals surface area contributed by atoms with E-state index in [0.29, 0.717) is 11.9 Å². The van der Waals surface area contributed by atoms with Gasteiger partial charge in [-0.3, -0.25) is 9.36 Å². The van der Waals surface area contributed by atoms with Gasteiger partial charge in [-0.05, 0) is 24.8 Å². The lowest BCUT2D eigenvalue weighted by atomic mass is 10.3. The maximum atomic E-state index is 12.2. The van der Waals surface area contributed by atoms with E-state index in [1.165, 1.54) is 11.3 Å². The average Bonchev–Trinajstić information content (AvgIpc) is 3.02. The van der Waals surface area contributed by atoms with Crippen molar-refractivity contribution in [3.05, 3.63) is 46.3 Å². The Morgan fingerprint density at radius 3 is 2.89 bits per heavy atom. The summed E-state index contributed by atoms with van der Waals surface area (Å²) in [5.41, 5.74) is 0.0496. The van der Waals surface area contributed by atoms with Crippen molar-refractivity contribution in [2.24, 2.45) is 0 Å². The number of hydrogen-bond donors (Lipinski definition) is 0. The molecule has 6 heteroatoms. The predicted molar refractivity (Wildman–Crippen MR) is 75.5 cm³/mol. The zero-order chi connectivity index (χ0) is 13.2. The predicted octanol–water partition coefficient (Wildman–Crippen LogP) is 2.05. The molecule has 0 spiro atoms. The Morgan fingerprint density at radius 2 is 2.11 bits per heavy atom. The van der Waals surface area contributed by atoms with Gasteiger partial charge in [-0.25, -0.2) is 9.97 Å². The van der Waals surface area contributed by atoms with Gasteiger partial charge in [0, 0.05) is 25.5 Å². The fourth-order valence-corrected chi connectivity index (χ4v) is 2.83. The lowest BCUT2D eigenvalue weighted by molar-refractivity contribution is 0.543. The fraction of sp³-hybridized carbons (Fsp3) is 0.308. The highest BCUT2D eigenvalue weighted by Crippen LogP contribution is 2.13. The number of hydrogen-bond acceptors (Lipinski definition) is 4. The van der Waals surface area contributed by atoms with Crippen molar-refractivity contribution in [1.29, 1.82) is 0 Å². The molecule has 3 aromatic rings. The molecular formula is C13H14N4OS. The Bertz CT molecular complexity index is 755. The number of nitrogens with zero attached hydrogens (tertiary/aromatic N) is 4. The number of rotatable bonds is 4. The van der Waals surface area contributed by atoms with Crippen LogP contribution in [-0.4, -0.2) is 19.1 Å². The normalized spacial score (nSPS) is 11.2. The van der Waals surface area contributed by atoms with E-state index in [0.717, 1.165) is 23.6 Å². The maximum absolute atomic E-state index is 12.2. The van der Waals surface area contributed by atoms with Gasteiger partial charge in [0.1, 0.15) is 10.7 Å². The van der Waals surface area contributed by atoms with Crippen molar-refractivity contribution in [2.75, 3.05) is 0 Å². The van der Waals surface area contributed by atoms with E-state index >= 15 is 0 Å². The summed E-state index contributed by atoms with van der Waals surface area (Å²) in [4.78, 5) is 21.4. The van der Waals surface area contributed by atoms with Gasteiger partial charge < -0.3 is 4.57 Å². The highest BCUT2D eigenvalue weighted by molar-refractivity contribution is 7.16. The Hall–Kier alpha value is -1.95. The van der Waals surface area contributed by atoms with Crippen molar-refractivity contribution in [3.8, 4) is 0 Å². The van der Waals surface area contributed by atoms with E-state index in [2.05, 4.69) is 14.5 Å². The number of imidazole rings is 1. The number of aryl methyl sites for hydroxylation is 3.